The van der Waals surface area contributed by atoms with Crippen LogP contribution in [0.25, 0.3) is 0 Å². The fourth-order valence-corrected chi connectivity index (χ4v) is 2.17. The summed E-state index contributed by atoms with van der Waals surface area (Å²) in [6.45, 7) is 0.911. The van der Waals surface area contributed by atoms with Gasteiger partial charge in [-0.2, -0.15) is 0 Å². The van der Waals surface area contributed by atoms with Crippen molar-refractivity contribution in [3.05, 3.63) is 24.2 Å². The molecule has 0 aromatic carbocycles. The zero-order valence-electron chi connectivity index (χ0n) is 9.24. The molecular formula is C12H19NO2. The predicted octanol–water partition coefficient (Wildman–Crippen LogP) is 1.98. The van der Waals surface area contributed by atoms with Crippen molar-refractivity contribution in [2.75, 3.05) is 13.7 Å². The Morgan fingerprint density at radius 1 is 1.53 bits per heavy atom. The van der Waals surface area contributed by atoms with Crippen LogP contribution in [0.2, 0.25) is 0 Å². The van der Waals surface area contributed by atoms with E-state index in [1.54, 1.807) is 6.26 Å². The molecule has 2 heterocycles. The number of furan rings is 1. The van der Waals surface area contributed by atoms with Gasteiger partial charge in [0.2, 0.25) is 0 Å². The van der Waals surface area contributed by atoms with E-state index >= 15 is 0 Å². The van der Waals surface area contributed by atoms with Crippen LogP contribution >= 0.6 is 0 Å². The van der Waals surface area contributed by atoms with Gasteiger partial charge in [-0.05, 0) is 44.4 Å². The van der Waals surface area contributed by atoms with Crippen LogP contribution in [-0.2, 0) is 11.2 Å². The van der Waals surface area contributed by atoms with Crippen LogP contribution in [0.3, 0.4) is 0 Å². The van der Waals surface area contributed by atoms with E-state index in [-0.39, 0.29) is 0 Å². The standard InChI is InChI=1S/C12H19NO2/c1-13-11(8-10-5-7-14-9-10)12-4-2-3-6-15-12/h5,7,9,11-13H,2-4,6,8H2,1H3. The van der Waals surface area contributed by atoms with E-state index in [1.807, 2.05) is 19.4 Å². The van der Waals surface area contributed by atoms with Crippen molar-refractivity contribution in [1.82, 2.24) is 5.32 Å². The summed E-state index contributed by atoms with van der Waals surface area (Å²) in [6, 6.07) is 2.43. The molecule has 3 heteroatoms. The predicted molar refractivity (Wildman–Crippen MR) is 58.9 cm³/mol. The summed E-state index contributed by atoms with van der Waals surface area (Å²) in [5, 5.41) is 3.34. The molecular weight excluding hydrogens is 190 g/mol. The van der Waals surface area contributed by atoms with Gasteiger partial charge in [0.05, 0.1) is 18.6 Å². The fraction of sp³-hybridized carbons (Fsp3) is 0.667. The van der Waals surface area contributed by atoms with Gasteiger partial charge in [-0.25, -0.2) is 0 Å². The SMILES string of the molecule is CNC(Cc1ccoc1)C1CCCCO1. The van der Waals surface area contributed by atoms with E-state index in [2.05, 4.69) is 5.32 Å². The average molecular weight is 209 g/mol. The summed E-state index contributed by atoms with van der Waals surface area (Å²) in [6.07, 6.45) is 8.55. The molecule has 0 radical (unpaired) electrons. The van der Waals surface area contributed by atoms with Crippen molar-refractivity contribution in [2.45, 2.75) is 37.8 Å². The molecule has 1 N–H and O–H groups in total. The highest BCUT2D eigenvalue weighted by atomic mass is 16.5. The first-order chi connectivity index (χ1) is 7.40. The number of hydrogen-bond donors (Lipinski definition) is 1. The average Bonchev–Trinajstić information content (AvgIpc) is 2.80. The zero-order valence-corrected chi connectivity index (χ0v) is 9.24. The molecule has 2 rings (SSSR count). The molecule has 0 aliphatic carbocycles. The second kappa shape index (κ2) is 5.33. The molecule has 1 aliphatic rings. The van der Waals surface area contributed by atoms with E-state index in [1.165, 1.54) is 24.8 Å². The summed E-state index contributed by atoms with van der Waals surface area (Å²) in [4.78, 5) is 0. The van der Waals surface area contributed by atoms with Gasteiger partial charge < -0.3 is 14.5 Å². The molecule has 0 saturated carbocycles. The van der Waals surface area contributed by atoms with Crippen LogP contribution in [0.5, 0.6) is 0 Å². The highest BCUT2D eigenvalue weighted by molar-refractivity contribution is 5.08. The molecule has 0 bridgehead atoms. The lowest BCUT2D eigenvalue weighted by Crippen LogP contribution is -2.42. The summed E-state index contributed by atoms with van der Waals surface area (Å²) < 4.78 is 10.9. The van der Waals surface area contributed by atoms with Gasteiger partial charge in [-0.3, -0.25) is 0 Å². The Labute approximate surface area is 90.8 Å². The van der Waals surface area contributed by atoms with E-state index in [9.17, 15) is 0 Å². The maximum absolute atomic E-state index is 5.79. The molecule has 0 amide bonds. The van der Waals surface area contributed by atoms with Crippen molar-refractivity contribution in [2.24, 2.45) is 0 Å². The lowest BCUT2D eigenvalue weighted by molar-refractivity contribution is -0.00589. The molecule has 1 saturated heterocycles. The molecule has 1 aromatic heterocycles. The molecule has 1 aromatic rings. The van der Waals surface area contributed by atoms with Crippen LogP contribution < -0.4 is 5.32 Å². The van der Waals surface area contributed by atoms with Gasteiger partial charge in [-0.15, -0.1) is 0 Å². The zero-order chi connectivity index (χ0) is 10.5. The maximum atomic E-state index is 5.79. The van der Waals surface area contributed by atoms with Crippen molar-refractivity contribution < 1.29 is 9.15 Å². The maximum Gasteiger partial charge on any atom is 0.0935 e. The molecule has 15 heavy (non-hydrogen) atoms. The van der Waals surface area contributed by atoms with Gasteiger partial charge in [0.15, 0.2) is 0 Å². The minimum Gasteiger partial charge on any atom is -0.472 e. The first-order valence-electron chi connectivity index (χ1n) is 5.70. The summed E-state index contributed by atoms with van der Waals surface area (Å²) in [5.74, 6) is 0. The number of rotatable bonds is 4. The van der Waals surface area contributed by atoms with Crippen molar-refractivity contribution in [3.63, 3.8) is 0 Å². The van der Waals surface area contributed by atoms with Gasteiger partial charge in [0.25, 0.3) is 0 Å². The lowest BCUT2D eigenvalue weighted by atomic mass is 9.97. The molecule has 1 fully saturated rings. The third-order valence-electron chi connectivity index (χ3n) is 3.07. The van der Waals surface area contributed by atoms with Crippen LogP contribution in [0.15, 0.2) is 23.0 Å². The molecule has 3 nitrogen and oxygen atoms in total. The smallest absolute Gasteiger partial charge is 0.0935 e. The molecule has 1 aliphatic heterocycles. The number of nitrogens with one attached hydrogen (secondary N) is 1. The largest absolute Gasteiger partial charge is 0.472 e. The summed E-state index contributed by atoms with van der Waals surface area (Å²) in [5.41, 5.74) is 1.24. The second-order valence-corrected chi connectivity index (χ2v) is 4.14. The highest BCUT2D eigenvalue weighted by Crippen LogP contribution is 2.18. The van der Waals surface area contributed by atoms with E-state index in [0.717, 1.165) is 13.0 Å². The van der Waals surface area contributed by atoms with E-state index in [4.69, 9.17) is 9.15 Å². The summed E-state index contributed by atoms with van der Waals surface area (Å²) >= 11 is 0. The Bertz CT molecular complexity index is 265. The minimum atomic E-state index is 0.360. The quantitative estimate of drug-likeness (QED) is 0.823. The molecule has 0 spiro atoms. The van der Waals surface area contributed by atoms with Crippen LogP contribution in [0.4, 0.5) is 0 Å². The normalized spacial score (nSPS) is 23.9. The molecule has 84 valence electrons. The summed E-state index contributed by atoms with van der Waals surface area (Å²) in [7, 11) is 2.00. The highest BCUT2D eigenvalue weighted by Gasteiger charge is 2.23. The van der Waals surface area contributed by atoms with Crippen LogP contribution in [0.1, 0.15) is 24.8 Å². The van der Waals surface area contributed by atoms with E-state index in [0.29, 0.717) is 12.1 Å². The Kier molecular flexibility index (Phi) is 3.80. The Morgan fingerprint density at radius 3 is 3.07 bits per heavy atom. The van der Waals surface area contributed by atoms with Crippen LogP contribution in [0, 0.1) is 0 Å². The molecule has 2 unspecified atom stereocenters. The monoisotopic (exact) mass is 209 g/mol. The van der Waals surface area contributed by atoms with Gasteiger partial charge in [0, 0.05) is 12.6 Å². The van der Waals surface area contributed by atoms with Gasteiger partial charge in [-0.1, -0.05) is 0 Å². The number of ether oxygens (including phenoxy) is 1. The van der Waals surface area contributed by atoms with Gasteiger partial charge >= 0.3 is 0 Å². The Balaban J connectivity index is 1.91. The Morgan fingerprint density at radius 2 is 2.47 bits per heavy atom. The topological polar surface area (TPSA) is 34.4 Å². The third kappa shape index (κ3) is 2.83. The first kappa shape index (κ1) is 10.7. The van der Waals surface area contributed by atoms with E-state index < -0.39 is 0 Å². The van der Waals surface area contributed by atoms with Crippen molar-refractivity contribution >= 4 is 0 Å². The second-order valence-electron chi connectivity index (χ2n) is 4.14. The lowest BCUT2D eigenvalue weighted by Gasteiger charge is -2.30. The fourth-order valence-electron chi connectivity index (χ4n) is 2.17. The van der Waals surface area contributed by atoms with Crippen molar-refractivity contribution in [1.29, 1.82) is 0 Å². The van der Waals surface area contributed by atoms with Gasteiger partial charge in [0.1, 0.15) is 0 Å². The van der Waals surface area contributed by atoms with Crippen molar-refractivity contribution in [3.8, 4) is 0 Å². The minimum absolute atomic E-state index is 0.360. The van der Waals surface area contributed by atoms with Crippen LogP contribution in [-0.4, -0.2) is 25.8 Å². The Hall–Kier alpha value is -0.800. The molecule has 2 atom stereocenters. The first-order valence-corrected chi connectivity index (χ1v) is 5.70. The number of likely N-dealkylation sites (N-methyl/N-ethyl adjacent to an activating group) is 1. The number of hydrogen-bond acceptors (Lipinski definition) is 3. The third-order valence-corrected chi connectivity index (χ3v) is 3.07.